The summed E-state index contributed by atoms with van der Waals surface area (Å²) >= 11 is 0. The van der Waals surface area contributed by atoms with Crippen molar-refractivity contribution in [3.05, 3.63) is 72.3 Å². The van der Waals surface area contributed by atoms with Gasteiger partial charge >= 0.3 is 5.97 Å². The van der Waals surface area contributed by atoms with Crippen LogP contribution in [0.25, 0.3) is 11.1 Å². The predicted molar refractivity (Wildman–Crippen MR) is 95.6 cm³/mol. The zero-order valence-electron chi connectivity index (χ0n) is 13.9. The van der Waals surface area contributed by atoms with Crippen LogP contribution in [0.4, 0.5) is 0 Å². The SMILES string of the molecule is CC1(COC(=O)c2ccccc2-c2ccccc2)CC2C=CC1C2. The Morgan fingerprint density at radius 1 is 1.08 bits per heavy atom. The monoisotopic (exact) mass is 318 g/mol. The van der Waals surface area contributed by atoms with E-state index in [0.717, 1.165) is 17.5 Å². The maximum Gasteiger partial charge on any atom is 0.338 e. The van der Waals surface area contributed by atoms with E-state index in [1.165, 1.54) is 6.42 Å². The summed E-state index contributed by atoms with van der Waals surface area (Å²) in [6, 6.07) is 17.7. The predicted octanol–water partition coefficient (Wildman–Crippen LogP) is 5.11. The summed E-state index contributed by atoms with van der Waals surface area (Å²) in [5.41, 5.74) is 2.71. The molecule has 3 unspecified atom stereocenters. The van der Waals surface area contributed by atoms with E-state index in [4.69, 9.17) is 4.74 Å². The van der Waals surface area contributed by atoms with E-state index in [1.54, 1.807) is 0 Å². The molecular formula is C22H22O2. The first kappa shape index (κ1) is 15.2. The fraction of sp³-hybridized carbons (Fsp3) is 0.318. The van der Waals surface area contributed by atoms with Crippen LogP contribution in [0.15, 0.2) is 66.7 Å². The smallest absolute Gasteiger partial charge is 0.338 e. The van der Waals surface area contributed by atoms with Gasteiger partial charge in [0.25, 0.3) is 0 Å². The van der Waals surface area contributed by atoms with Gasteiger partial charge in [0.2, 0.25) is 0 Å². The zero-order valence-corrected chi connectivity index (χ0v) is 13.9. The zero-order chi connectivity index (χ0) is 16.6. The number of ether oxygens (including phenoxy) is 1. The van der Waals surface area contributed by atoms with Gasteiger partial charge in [-0.25, -0.2) is 4.79 Å². The van der Waals surface area contributed by atoms with Crippen LogP contribution in [0.2, 0.25) is 0 Å². The highest BCUT2D eigenvalue weighted by Gasteiger charge is 2.45. The van der Waals surface area contributed by atoms with E-state index >= 15 is 0 Å². The molecule has 0 aliphatic heterocycles. The van der Waals surface area contributed by atoms with Crippen LogP contribution in [0, 0.1) is 17.3 Å². The van der Waals surface area contributed by atoms with Gasteiger partial charge in [0.15, 0.2) is 0 Å². The highest BCUT2D eigenvalue weighted by atomic mass is 16.5. The lowest BCUT2D eigenvalue weighted by Crippen LogP contribution is -2.29. The average Bonchev–Trinajstić information content (AvgIpc) is 3.21. The molecule has 3 atom stereocenters. The van der Waals surface area contributed by atoms with Crippen LogP contribution in [0.5, 0.6) is 0 Å². The number of carbonyl (C=O) groups is 1. The Morgan fingerprint density at radius 2 is 1.83 bits per heavy atom. The van der Waals surface area contributed by atoms with Crippen molar-refractivity contribution in [3.8, 4) is 11.1 Å². The molecule has 0 saturated heterocycles. The second kappa shape index (κ2) is 5.94. The molecule has 2 aromatic carbocycles. The molecule has 4 rings (SSSR count). The van der Waals surface area contributed by atoms with Gasteiger partial charge in [-0.05, 0) is 41.9 Å². The first-order valence-electron chi connectivity index (χ1n) is 8.66. The average molecular weight is 318 g/mol. The Bertz CT molecular complexity index is 778. The van der Waals surface area contributed by atoms with Gasteiger partial charge in [-0.2, -0.15) is 0 Å². The van der Waals surface area contributed by atoms with Crippen LogP contribution in [0.3, 0.4) is 0 Å². The van der Waals surface area contributed by atoms with Crippen molar-refractivity contribution in [1.29, 1.82) is 0 Å². The number of esters is 1. The van der Waals surface area contributed by atoms with Gasteiger partial charge in [0.05, 0.1) is 12.2 Å². The van der Waals surface area contributed by atoms with Gasteiger partial charge in [-0.3, -0.25) is 0 Å². The maximum absolute atomic E-state index is 12.7. The molecule has 2 nitrogen and oxygen atoms in total. The van der Waals surface area contributed by atoms with Crippen LogP contribution >= 0.6 is 0 Å². The largest absolute Gasteiger partial charge is 0.461 e. The summed E-state index contributed by atoms with van der Waals surface area (Å²) in [6.45, 7) is 2.75. The van der Waals surface area contributed by atoms with Crippen molar-refractivity contribution in [3.63, 3.8) is 0 Å². The number of rotatable bonds is 4. The summed E-state index contributed by atoms with van der Waals surface area (Å²) in [6.07, 6.45) is 6.97. The minimum atomic E-state index is -0.220. The maximum atomic E-state index is 12.7. The van der Waals surface area contributed by atoms with E-state index < -0.39 is 0 Å². The third-order valence-corrected chi connectivity index (χ3v) is 5.56. The number of benzene rings is 2. The van der Waals surface area contributed by atoms with E-state index in [0.29, 0.717) is 24.0 Å². The molecule has 122 valence electrons. The Labute approximate surface area is 143 Å². The highest BCUT2D eigenvalue weighted by Crippen LogP contribution is 2.52. The summed E-state index contributed by atoms with van der Waals surface area (Å²) in [4.78, 5) is 12.7. The molecule has 1 fully saturated rings. The van der Waals surface area contributed by atoms with Gasteiger partial charge < -0.3 is 4.74 Å². The molecule has 0 spiro atoms. The van der Waals surface area contributed by atoms with Crippen molar-refractivity contribution < 1.29 is 9.53 Å². The standard InChI is InChI=1S/C22H22O2/c1-22(14-16-11-12-18(22)13-16)15-24-21(23)20-10-6-5-9-19(20)17-7-3-2-4-8-17/h2-12,16,18H,13-15H2,1H3. The molecular weight excluding hydrogens is 296 g/mol. The van der Waals surface area contributed by atoms with Crippen molar-refractivity contribution >= 4 is 5.97 Å². The van der Waals surface area contributed by atoms with Crippen LogP contribution in [0.1, 0.15) is 30.1 Å². The molecule has 0 radical (unpaired) electrons. The molecule has 0 aromatic heterocycles. The van der Waals surface area contributed by atoms with Crippen LogP contribution in [-0.2, 0) is 4.74 Å². The molecule has 2 aromatic rings. The first-order valence-corrected chi connectivity index (χ1v) is 8.66. The number of carbonyl (C=O) groups excluding carboxylic acids is 1. The lowest BCUT2D eigenvalue weighted by molar-refractivity contribution is 0.0260. The molecule has 2 aliphatic carbocycles. The highest BCUT2D eigenvalue weighted by molar-refractivity contribution is 5.97. The molecule has 24 heavy (non-hydrogen) atoms. The molecule has 0 N–H and O–H groups in total. The Balaban J connectivity index is 1.52. The number of hydrogen-bond acceptors (Lipinski definition) is 2. The Morgan fingerprint density at radius 3 is 2.54 bits per heavy atom. The van der Waals surface area contributed by atoms with E-state index in [9.17, 15) is 4.79 Å². The molecule has 2 bridgehead atoms. The number of fused-ring (bicyclic) bond motifs is 2. The lowest BCUT2D eigenvalue weighted by Gasteiger charge is -2.30. The van der Waals surface area contributed by atoms with Gasteiger partial charge in [-0.1, -0.05) is 67.6 Å². The quantitative estimate of drug-likeness (QED) is 0.578. The number of hydrogen-bond donors (Lipinski definition) is 0. The number of allylic oxidation sites excluding steroid dienone is 2. The fourth-order valence-electron chi connectivity index (χ4n) is 4.20. The molecule has 0 heterocycles. The lowest BCUT2D eigenvalue weighted by atomic mass is 9.78. The normalized spacial score (nSPS) is 27.4. The molecule has 2 heteroatoms. The minimum absolute atomic E-state index is 0.0940. The van der Waals surface area contributed by atoms with Gasteiger partial charge in [0.1, 0.15) is 0 Å². The summed E-state index contributed by atoms with van der Waals surface area (Å²) in [7, 11) is 0. The van der Waals surface area contributed by atoms with Crippen LogP contribution in [-0.4, -0.2) is 12.6 Å². The molecule has 0 amide bonds. The van der Waals surface area contributed by atoms with Crippen LogP contribution < -0.4 is 0 Å². The fourth-order valence-corrected chi connectivity index (χ4v) is 4.20. The second-order valence-corrected chi connectivity index (χ2v) is 7.33. The molecule has 1 saturated carbocycles. The van der Waals surface area contributed by atoms with Crippen molar-refractivity contribution in [1.82, 2.24) is 0 Å². The Hall–Kier alpha value is -2.35. The third kappa shape index (κ3) is 2.66. The second-order valence-electron chi connectivity index (χ2n) is 7.33. The van der Waals surface area contributed by atoms with Crippen molar-refractivity contribution in [2.45, 2.75) is 19.8 Å². The van der Waals surface area contributed by atoms with E-state index in [-0.39, 0.29) is 11.4 Å². The Kier molecular flexibility index (Phi) is 3.76. The van der Waals surface area contributed by atoms with Gasteiger partial charge in [0, 0.05) is 5.41 Å². The van der Waals surface area contributed by atoms with E-state index in [2.05, 4.69) is 19.1 Å². The van der Waals surface area contributed by atoms with Gasteiger partial charge in [-0.15, -0.1) is 0 Å². The summed E-state index contributed by atoms with van der Waals surface area (Å²) in [5, 5.41) is 0. The van der Waals surface area contributed by atoms with E-state index in [1.807, 2.05) is 54.6 Å². The topological polar surface area (TPSA) is 26.3 Å². The summed E-state index contributed by atoms with van der Waals surface area (Å²) in [5.74, 6) is 1.01. The minimum Gasteiger partial charge on any atom is -0.461 e. The molecule has 2 aliphatic rings. The first-order chi connectivity index (χ1) is 11.7. The van der Waals surface area contributed by atoms with Crippen molar-refractivity contribution in [2.24, 2.45) is 17.3 Å². The summed E-state index contributed by atoms with van der Waals surface area (Å²) < 4.78 is 5.76. The third-order valence-electron chi connectivity index (χ3n) is 5.56. The van der Waals surface area contributed by atoms with Crippen molar-refractivity contribution in [2.75, 3.05) is 6.61 Å².